The van der Waals surface area contributed by atoms with Gasteiger partial charge in [0.15, 0.2) is 5.96 Å². The highest BCUT2D eigenvalue weighted by Gasteiger charge is 2.01. The first-order valence-electron chi connectivity index (χ1n) is 6.82. The number of nitrogens with one attached hydrogen (secondary N) is 2. The third-order valence-electron chi connectivity index (χ3n) is 2.90. The number of guanidine groups is 1. The Hall–Kier alpha value is -1.71. The number of ether oxygens (including phenoxy) is 1. The number of hydrogen-bond donors (Lipinski definition) is 2. The van der Waals surface area contributed by atoms with Gasteiger partial charge in [0.2, 0.25) is 0 Å². The van der Waals surface area contributed by atoms with E-state index in [0.29, 0.717) is 12.6 Å². The van der Waals surface area contributed by atoms with Crippen LogP contribution < -0.4 is 15.4 Å². The molecule has 0 heterocycles. The fourth-order valence-electron chi connectivity index (χ4n) is 1.50. The summed E-state index contributed by atoms with van der Waals surface area (Å²) in [7, 11) is 1.78. The Labute approximate surface area is 116 Å². The molecule has 19 heavy (non-hydrogen) atoms. The Balaban J connectivity index is 2.24. The van der Waals surface area contributed by atoms with Gasteiger partial charge < -0.3 is 15.4 Å². The first kappa shape index (κ1) is 15.3. The molecular weight excluding hydrogens is 238 g/mol. The summed E-state index contributed by atoms with van der Waals surface area (Å²) in [6.07, 6.45) is 1.07. The normalized spacial score (nSPS) is 12.9. The maximum absolute atomic E-state index is 5.64. The third kappa shape index (κ3) is 6.13. The van der Waals surface area contributed by atoms with E-state index >= 15 is 0 Å². The molecule has 2 N–H and O–H groups in total. The fourth-order valence-corrected chi connectivity index (χ4v) is 1.50. The second kappa shape index (κ2) is 8.40. The summed E-state index contributed by atoms with van der Waals surface area (Å²) in [5.74, 6) is 1.72. The number of nitrogens with zero attached hydrogens (tertiary/aromatic N) is 1. The Bertz CT molecular complexity index is 387. The van der Waals surface area contributed by atoms with Gasteiger partial charge in [0, 0.05) is 13.1 Å². The van der Waals surface area contributed by atoms with E-state index in [1.54, 1.807) is 7.05 Å². The summed E-state index contributed by atoms with van der Waals surface area (Å²) in [5, 5.41) is 6.54. The van der Waals surface area contributed by atoms with Crippen LogP contribution in [0.4, 0.5) is 0 Å². The lowest BCUT2D eigenvalue weighted by Crippen LogP contribution is -2.43. The molecule has 1 atom stereocenters. The first-order valence-corrected chi connectivity index (χ1v) is 6.82. The molecule has 0 spiro atoms. The van der Waals surface area contributed by atoms with E-state index in [0.717, 1.165) is 24.7 Å². The quantitative estimate of drug-likeness (QED) is 0.470. The van der Waals surface area contributed by atoms with Gasteiger partial charge in [-0.3, -0.25) is 4.99 Å². The van der Waals surface area contributed by atoms with E-state index in [-0.39, 0.29) is 0 Å². The largest absolute Gasteiger partial charge is 0.492 e. The zero-order chi connectivity index (χ0) is 14.1. The standard InChI is InChI=1S/C15H25N3O/c1-5-13(3)18-15(16-4)17-10-11-19-14-8-6-12(2)7-9-14/h6-9,13H,5,10-11H2,1-4H3,(H2,16,17,18). The molecule has 1 aromatic carbocycles. The highest BCUT2D eigenvalue weighted by molar-refractivity contribution is 5.79. The minimum absolute atomic E-state index is 0.421. The van der Waals surface area contributed by atoms with E-state index < -0.39 is 0 Å². The molecular formula is C15H25N3O. The van der Waals surface area contributed by atoms with Crippen LogP contribution in [0.1, 0.15) is 25.8 Å². The predicted molar refractivity (Wildman–Crippen MR) is 80.9 cm³/mol. The highest BCUT2D eigenvalue weighted by Crippen LogP contribution is 2.10. The van der Waals surface area contributed by atoms with Gasteiger partial charge in [0.1, 0.15) is 12.4 Å². The van der Waals surface area contributed by atoms with Crippen LogP contribution in [-0.4, -0.2) is 32.2 Å². The van der Waals surface area contributed by atoms with Crippen molar-refractivity contribution in [2.45, 2.75) is 33.2 Å². The van der Waals surface area contributed by atoms with Crippen molar-refractivity contribution in [3.8, 4) is 5.75 Å². The number of aryl methyl sites for hydroxylation is 1. The van der Waals surface area contributed by atoms with E-state index in [4.69, 9.17) is 4.74 Å². The molecule has 0 aliphatic heterocycles. The van der Waals surface area contributed by atoms with Crippen molar-refractivity contribution in [1.82, 2.24) is 10.6 Å². The summed E-state index contributed by atoms with van der Waals surface area (Å²) in [6, 6.07) is 8.49. The Morgan fingerprint density at radius 1 is 1.32 bits per heavy atom. The summed E-state index contributed by atoms with van der Waals surface area (Å²) in [6.45, 7) is 7.69. The van der Waals surface area contributed by atoms with Crippen molar-refractivity contribution < 1.29 is 4.74 Å². The summed E-state index contributed by atoms with van der Waals surface area (Å²) in [4.78, 5) is 4.17. The molecule has 1 rings (SSSR count). The highest BCUT2D eigenvalue weighted by atomic mass is 16.5. The lowest BCUT2D eigenvalue weighted by molar-refractivity contribution is 0.321. The number of benzene rings is 1. The zero-order valence-corrected chi connectivity index (χ0v) is 12.4. The van der Waals surface area contributed by atoms with Crippen molar-refractivity contribution >= 4 is 5.96 Å². The van der Waals surface area contributed by atoms with Crippen LogP contribution in [-0.2, 0) is 0 Å². The lowest BCUT2D eigenvalue weighted by Gasteiger charge is -2.16. The molecule has 4 nitrogen and oxygen atoms in total. The topological polar surface area (TPSA) is 45.7 Å². The van der Waals surface area contributed by atoms with Gasteiger partial charge in [-0.2, -0.15) is 0 Å². The van der Waals surface area contributed by atoms with Crippen molar-refractivity contribution in [3.63, 3.8) is 0 Å². The summed E-state index contributed by atoms with van der Waals surface area (Å²) < 4.78 is 5.64. The molecule has 0 fully saturated rings. The Morgan fingerprint density at radius 2 is 2.00 bits per heavy atom. The minimum atomic E-state index is 0.421. The fraction of sp³-hybridized carbons (Fsp3) is 0.533. The molecule has 0 saturated carbocycles. The molecule has 0 aromatic heterocycles. The molecule has 0 radical (unpaired) electrons. The van der Waals surface area contributed by atoms with Crippen molar-refractivity contribution in [3.05, 3.63) is 29.8 Å². The van der Waals surface area contributed by atoms with Gasteiger partial charge in [-0.25, -0.2) is 0 Å². The summed E-state index contributed by atoms with van der Waals surface area (Å²) >= 11 is 0. The SMILES string of the molecule is CCC(C)NC(=NC)NCCOc1ccc(C)cc1. The van der Waals surface area contributed by atoms with Crippen molar-refractivity contribution in [2.24, 2.45) is 4.99 Å². The molecule has 4 heteroatoms. The Morgan fingerprint density at radius 3 is 2.58 bits per heavy atom. The minimum Gasteiger partial charge on any atom is -0.492 e. The third-order valence-corrected chi connectivity index (χ3v) is 2.90. The predicted octanol–water partition coefficient (Wildman–Crippen LogP) is 2.34. The average Bonchev–Trinajstić information content (AvgIpc) is 2.43. The van der Waals surface area contributed by atoms with E-state index in [1.165, 1.54) is 5.56 Å². The molecule has 1 aromatic rings. The van der Waals surface area contributed by atoms with Gasteiger partial charge >= 0.3 is 0 Å². The first-order chi connectivity index (χ1) is 9.15. The second-order valence-corrected chi connectivity index (χ2v) is 4.61. The van der Waals surface area contributed by atoms with Crippen molar-refractivity contribution in [2.75, 3.05) is 20.2 Å². The van der Waals surface area contributed by atoms with Crippen LogP contribution in [0.5, 0.6) is 5.75 Å². The molecule has 0 bridgehead atoms. The van der Waals surface area contributed by atoms with Crippen LogP contribution in [0.25, 0.3) is 0 Å². The average molecular weight is 263 g/mol. The van der Waals surface area contributed by atoms with Crippen LogP contribution in [0, 0.1) is 6.92 Å². The zero-order valence-electron chi connectivity index (χ0n) is 12.4. The maximum Gasteiger partial charge on any atom is 0.191 e. The van der Waals surface area contributed by atoms with Gasteiger partial charge in [0.05, 0.1) is 6.54 Å². The molecule has 0 aliphatic rings. The van der Waals surface area contributed by atoms with Crippen molar-refractivity contribution in [1.29, 1.82) is 0 Å². The Kier molecular flexibility index (Phi) is 6.79. The van der Waals surface area contributed by atoms with Crippen LogP contribution >= 0.6 is 0 Å². The van der Waals surface area contributed by atoms with Gasteiger partial charge in [0.25, 0.3) is 0 Å². The number of rotatable bonds is 6. The number of aliphatic imine (C=N–C) groups is 1. The number of hydrogen-bond acceptors (Lipinski definition) is 2. The lowest BCUT2D eigenvalue weighted by atomic mass is 10.2. The molecule has 0 saturated heterocycles. The van der Waals surface area contributed by atoms with E-state index in [9.17, 15) is 0 Å². The van der Waals surface area contributed by atoms with Gasteiger partial charge in [-0.05, 0) is 32.4 Å². The maximum atomic E-state index is 5.64. The van der Waals surface area contributed by atoms with Gasteiger partial charge in [-0.15, -0.1) is 0 Å². The van der Waals surface area contributed by atoms with Crippen LogP contribution in [0.2, 0.25) is 0 Å². The van der Waals surface area contributed by atoms with Crippen LogP contribution in [0.15, 0.2) is 29.3 Å². The molecule has 1 unspecified atom stereocenters. The summed E-state index contributed by atoms with van der Waals surface area (Å²) in [5.41, 5.74) is 1.24. The molecule has 106 valence electrons. The second-order valence-electron chi connectivity index (χ2n) is 4.61. The van der Waals surface area contributed by atoms with Crippen LogP contribution in [0.3, 0.4) is 0 Å². The molecule has 0 aliphatic carbocycles. The monoisotopic (exact) mass is 263 g/mol. The van der Waals surface area contributed by atoms with E-state index in [1.807, 2.05) is 24.3 Å². The van der Waals surface area contributed by atoms with E-state index in [2.05, 4.69) is 36.4 Å². The van der Waals surface area contributed by atoms with Gasteiger partial charge in [-0.1, -0.05) is 24.6 Å². The molecule has 0 amide bonds. The smallest absolute Gasteiger partial charge is 0.191 e.